The Morgan fingerprint density at radius 3 is 2.36 bits per heavy atom. The molecule has 0 radical (unpaired) electrons. The van der Waals surface area contributed by atoms with E-state index in [1.54, 1.807) is 11.0 Å². The van der Waals surface area contributed by atoms with Crippen LogP contribution in [0.4, 0.5) is 11.4 Å². The smallest absolute Gasteiger partial charge is 0.294 e. The summed E-state index contributed by atoms with van der Waals surface area (Å²) in [7, 11) is 0. The number of ether oxygens (including phenoxy) is 1. The summed E-state index contributed by atoms with van der Waals surface area (Å²) in [5.74, 6) is 0.715. The average Bonchev–Trinajstić information content (AvgIpc) is 2.99. The molecule has 2 amide bonds. The molecule has 1 atom stereocenters. The van der Waals surface area contributed by atoms with Crippen LogP contribution in [0.5, 0.6) is 5.75 Å². The minimum atomic E-state index is -0.198. The number of hydrogen-bond donors (Lipinski definition) is 0. The van der Waals surface area contributed by atoms with E-state index in [0.29, 0.717) is 30.9 Å². The van der Waals surface area contributed by atoms with Gasteiger partial charge in [-0.3, -0.25) is 14.5 Å². The Balaban J connectivity index is 1.17. The second-order valence-corrected chi connectivity index (χ2v) is 11.2. The summed E-state index contributed by atoms with van der Waals surface area (Å²) in [6.07, 6.45) is 1.75. The van der Waals surface area contributed by atoms with Crippen molar-refractivity contribution < 1.29 is 14.3 Å². The van der Waals surface area contributed by atoms with Crippen LogP contribution in [0.15, 0.2) is 103 Å². The third kappa shape index (κ3) is 5.66. The third-order valence-corrected chi connectivity index (χ3v) is 7.96. The summed E-state index contributed by atoms with van der Waals surface area (Å²) in [4.78, 5) is 33.0. The first-order valence-electron chi connectivity index (χ1n) is 14.4. The minimum Gasteiger partial charge on any atom is -0.449 e. The van der Waals surface area contributed by atoms with E-state index in [-0.39, 0.29) is 23.6 Å². The predicted octanol–water partition coefficient (Wildman–Crippen LogP) is 6.62. The minimum absolute atomic E-state index is 0.0215. The molecule has 0 bridgehead atoms. The largest absolute Gasteiger partial charge is 0.449 e. The quantitative estimate of drug-likeness (QED) is 0.259. The van der Waals surface area contributed by atoms with Crippen LogP contribution in [0.25, 0.3) is 6.08 Å². The Bertz CT molecular complexity index is 1660. The number of rotatable bonds is 5. The Morgan fingerprint density at radius 2 is 1.62 bits per heavy atom. The highest BCUT2D eigenvalue weighted by Gasteiger charge is 2.31. The van der Waals surface area contributed by atoms with Gasteiger partial charge >= 0.3 is 0 Å². The standard InChI is InChI=1S/C36H35N3O3/c1-25-8-6-10-29(20-25)24-39-32-12-4-5-13-33(32)42-34(36(39)41)22-28-14-16-30(17-15-28)35(40)37-18-19-38(27(3)23-37)31-11-7-9-26(2)21-31/h4-17,20-22,27H,18-19,23-24H2,1-3H3/b34-22+/t27-/m1/s1. The zero-order valence-electron chi connectivity index (χ0n) is 24.3. The average molecular weight is 558 g/mol. The van der Waals surface area contributed by atoms with Crippen LogP contribution in [-0.4, -0.2) is 42.4 Å². The highest BCUT2D eigenvalue weighted by Crippen LogP contribution is 2.36. The van der Waals surface area contributed by atoms with E-state index < -0.39 is 0 Å². The lowest BCUT2D eigenvalue weighted by atomic mass is 10.1. The Labute approximate surface area is 247 Å². The summed E-state index contributed by atoms with van der Waals surface area (Å²) in [5.41, 5.74) is 6.81. The molecular formula is C36H35N3O3. The van der Waals surface area contributed by atoms with Crippen LogP contribution in [0.1, 0.15) is 39.5 Å². The maximum absolute atomic E-state index is 13.6. The van der Waals surface area contributed by atoms with Gasteiger partial charge in [-0.2, -0.15) is 0 Å². The molecule has 0 spiro atoms. The molecule has 2 heterocycles. The number of amides is 2. The molecule has 6 heteroatoms. The zero-order chi connectivity index (χ0) is 29.2. The Hall–Kier alpha value is -4.84. The molecule has 1 fully saturated rings. The first-order valence-corrected chi connectivity index (χ1v) is 14.4. The number of para-hydroxylation sites is 2. The van der Waals surface area contributed by atoms with Crippen molar-refractivity contribution in [3.63, 3.8) is 0 Å². The number of carbonyl (C=O) groups is 2. The molecule has 0 aliphatic carbocycles. The summed E-state index contributed by atoms with van der Waals surface area (Å²) in [6, 6.07) is 31.9. The third-order valence-electron chi connectivity index (χ3n) is 7.96. The monoisotopic (exact) mass is 557 g/mol. The molecule has 4 aromatic rings. The van der Waals surface area contributed by atoms with Crippen LogP contribution in [0.3, 0.4) is 0 Å². The number of nitrogens with zero attached hydrogens (tertiary/aromatic N) is 3. The fraction of sp³-hybridized carbons (Fsp3) is 0.222. The molecule has 0 N–H and O–H groups in total. The second-order valence-electron chi connectivity index (χ2n) is 11.2. The molecule has 42 heavy (non-hydrogen) atoms. The van der Waals surface area contributed by atoms with Gasteiger partial charge in [0, 0.05) is 36.9 Å². The number of fused-ring (bicyclic) bond motifs is 1. The van der Waals surface area contributed by atoms with E-state index in [4.69, 9.17) is 4.74 Å². The number of piperazine rings is 1. The van der Waals surface area contributed by atoms with Crippen molar-refractivity contribution in [3.8, 4) is 5.75 Å². The van der Waals surface area contributed by atoms with Crippen LogP contribution in [0, 0.1) is 13.8 Å². The van der Waals surface area contributed by atoms with Crippen LogP contribution in [-0.2, 0) is 11.3 Å². The van der Waals surface area contributed by atoms with Gasteiger partial charge < -0.3 is 14.5 Å². The zero-order valence-corrected chi connectivity index (χ0v) is 24.3. The van der Waals surface area contributed by atoms with Crippen molar-refractivity contribution in [3.05, 3.63) is 131 Å². The van der Waals surface area contributed by atoms with Crippen LogP contribution in [0.2, 0.25) is 0 Å². The van der Waals surface area contributed by atoms with Gasteiger partial charge in [-0.15, -0.1) is 0 Å². The van der Waals surface area contributed by atoms with Crippen molar-refractivity contribution in [2.45, 2.75) is 33.4 Å². The van der Waals surface area contributed by atoms with E-state index in [2.05, 4.69) is 49.1 Å². The molecule has 0 saturated carbocycles. The highest BCUT2D eigenvalue weighted by molar-refractivity contribution is 6.09. The van der Waals surface area contributed by atoms with Gasteiger partial charge in [-0.1, -0.05) is 66.2 Å². The van der Waals surface area contributed by atoms with Crippen molar-refractivity contribution in [1.29, 1.82) is 0 Å². The topological polar surface area (TPSA) is 53.1 Å². The normalized spacial score (nSPS) is 17.7. The van der Waals surface area contributed by atoms with E-state index >= 15 is 0 Å². The first-order chi connectivity index (χ1) is 20.4. The lowest BCUT2D eigenvalue weighted by molar-refractivity contribution is -0.117. The van der Waals surface area contributed by atoms with E-state index in [1.165, 1.54) is 11.3 Å². The molecule has 212 valence electrons. The first kappa shape index (κ1) is 27.3. The van der Waals surface area contributed by atoms with Gasteiger partial charge in [0.2, 0.25) is 0 Å². The maximum Gasteiger partial charge on any atom is 0.294 e. The summed E-state index contributed by atoms with van der Waals surface area (Å²) >= 11 is 0. The Kier molecular flexibility index (Phi) is 7.53. The second kappa shape index (κ2) is 11.6. The number of anilines is 2. The van der Waals surface area contributed by atoms with Gasteiger partial charge in [0.15, 0.2) is 11.5 Å². The molecule has 6 rings (SSSR count). The Morgan fingerprint density at radius 1 is 0.881 bits per heavy atom. The molecule has 2 aliphatic heterocycles. The van der Waals surface area contributed by atoms with E-state index in [0.717, 1.165) is 28.9 Å². The molecule has 6 nitrogen and oxygen atoms in total. The van der Waals surface area contributed by atoms with Gasteiger partial charge in [0.05, 0.1) is 12.2 Å². The van der Waals surface area contributed by atoms with Gasteiger partial charge in [-0.25, -0.2) is 0 Å². The lowest BCUT2D eigenvalue weighted by Gasteiger charge is -2.41. The number of benzene rings is 4. The van der Waals surface area contributed by atoms with Crippen LogP contribution < -0.4 is 14.5 Å². The predicted molar refractivity (Wildman–Crippen MR) is 168 cm³/mol. The SMILES string of the molecule is Cc1cccc(CN2C(=O)/C(=C\c3ccc(C(=O)N4CCN(c5cccc(C)c5)[C@H](C)C4)cc3)Oc3ccccc32)c1. The maximum atomic E-state index is 13.6. The van der Waals surface area contributed by atoms with Crippen molar-refractivity contribution in [1.82, 2.24) is 4.90 Å². The van der Waals surface area contributed by atoms with Gasteiger partial charge in [0.1, 0.15) is 0 Å². The van der Waals surface area contributed by atoms with Crippen LogP contribution >= 0.6 is 0 Å². The van der Waals surface area contributed by atoms with Gasteiger partial charge in [-0.05, 0) is 79.9 Å². The highest BCUT2D eigenvalue weighted by atomic mass is 16.5. The molecule has 0 unspecified atom stereocenters. The summed E-state index contributed by atoms with van der Waals surface area (Å²) in [5, 5.41) is 0. The summed E-state index contributed by atoms with van der Waals surface area (Å²) < 4.78 is 6.07. The molecular weight excluding hydrogens is 522 g/mol. The number of carbonyl (C=O) groups excluding carboxylic acids is 2. The fourth-order valence-electron chi connectivity index (χ4n) is 5.80. The number of hydrogen-bond acceptors (Lipinski definition) is 4. The summed E-state index contributed by atoms with van der Waals surface area (Å²) in [6.45, 7) is 8.88. The van der Waals surface area contributed by atoms with Crippen molar-refractivity contribution in [2.75, 3.05) is 29.4 Å². The lowest BCUT2D eigenvalue weighted by Crippen LogP contribution is -2.53. The fourth-order valence-corrected chi connectivity index (χ4v) is 5.80. The van der Waals surface area contributed by atoms with Crippen molar-refractivity contribution in [2.24, 2.45) is 0 Å². The van der Waals surface area contributed by atoms with Crippen molar-refractivity contribution >= 4 is 29.3 Å². The molecule has 4 aromatic carbocycles. The number of aryl methyl sites for hydroxylation is 2. The van der Waals surface area contributed by atoms with Gasteiger partial charge in [0.25, 0.3) is 11.8 Å². The molecule has 2 aliphatic rings. The molecule has 0 aromatic heterocycles. The molecule has 1 saturated heterocycles. The van der Waals surface area contributed by atoms with E-state index in [9.17, 15) is 9.59 Å². The van der Waals surface area contributed by atoms with E-state index in [1.807, 2.05) is 78.6 Å².